The summed E-state index contributed by atoms with van der Waals surface area (Å²) >= 11 is 5.17. The molecule has 4 heteroatoms. The average molecular weight is 292 g/mol. The van der Waals surface area contributed by atoms with E-state index in [1.165, 1.54) is 15.8 Å². The minimum Gasteiger partial charge on any atom is -0.380 e. The third kappa shape index (κ3) is 6.30. The normalized spacial score (nSPS) is 10.8. The molecule has 1 heterocycles. The zero-order chi connectivity index (χ0) is 10.9. The fourth-order valence-electron chi connectivity index (χ4n) is 1.16. The van der Waals surface area contributed by atoms with Crippen molar-refractivity contribution in [2.75, 3.05) is 19.8 Å². The van der Waals surface area contributed by atoms with Crippen LogP contribution in [0.5, 0.6) is 0 Å². The van der Waals surface area contributed by atoms with E-state index in [0.717, 1.165) is 32.7 Å². The van der Waals surface area contributed by atoms with Crippen molar-refractivity contribution < 1.29 is 4.74 Å². The highest BCUT2D eigenvalue weighted by Gasteiger charge is 1.96. The number of rotatable bonds is 8. The fraction of sp³-hybridized carbons (Fsp3) is 0.636. The van der Waals surface area contributed by atoms with Gasteiger partial charge in [0.05, 0.1) is 10.4 Å². The summed E-state index contributed by atoms with van der Waals surface area (Å²) in [6, 6.07) is 2.15. The maximum atomic E-state index is 5.45. The van der Waals surface area contributed by atoms with Gasteiger partial charge in [0.1, 0.15) is 0 Å². The molecule has 1 N–H and O–H groups in total. The minimum absolute atomic E-state index is 0.811. The molecule has 0 unspecified atom stereocenters. The van der Waals surface area contributed by atoms with E-state index < -0.39 is 0 Å². The molecule has 0 aliphatic heterocycles. The predicted octanol–water partition coefficient (Wildman–Crippen LogP) is 3.42. The number of hydrogen-bond acceptors (Lipinski definition) is 3. The molecule has 0 aliphatic carbocycles. The molecule has 0 aliphatic rings. The van der Waals surface area contributed by atoms with Crippen LogP contribution in [0.15, 0.2) is 15.2 Å². The van der Waals surface area contributed by atoms with Gasteiger partial charge >= 0.3 is 0 Å². The van der Waals surface area contributed by atoms with Gasteiger partial charge < -0.3 is 10.1 Å². The van der Waals surface area contributed by atoms with E-state index in [4.69, 9.17) is 4.74 Å². The Kier molecular flexibility index (Phi) is 7.26. The van der Waals surface area contributed by atoms with Crippen molar-refractivity contribution in [2.24, 2.45) is 0 Å². The Morgan fingerprint density at radius 3 is 3.00 bits per heavy atom. The first-order chi connectivity index (χ1) is 7.33. The summed E-state index contributed by atoms with van der Waals surface area (Å²) in [5.74, 6) is 0. The van der Waals surface area contributed by atoms with E-state index in [-0.39, 0.29) is 0 Å². The third-order valence-electron chi connectivity index (χ3n) is 2.02. The van der Waals surface area contributed by atoms with Crippen LogP contribution in [-0.2, 0) is 11.3 Å². The van der Waals surface area contributed by atoms with Crippen molar-refractivity contribution in [3.05, 3.63) is 20.8 Å². The van der Waals surface area contributed by atoms with Crippen molar-refractivity contribution >= 4 is 27.3 Å². The zero-order valence-corrected chi connectivity index (χ0v) is 11.5. The van der Waals surface area contributed by atoms with Gasteiger partial charge in [-0.3, -0.25) is 0 Å². The van der Waals surface area contributed by atoms with Crippen molar-refractivity contribution in [3.63, 3.8) is 0 Å². The lowest BCUT2D eigenvalue weighted by Gasteiger charge is -2.04. The number of nitrogens with one attached hydrogen (secondary N) is 1. The monoisotopic (exact) mass is 291 g/mol. The molecule has 0 fully saturated rings. The van der Waals surface area contributed by atoms with Gasteiger partial charge in [0.25, 0.3) is 0 Å². The van der Waals surface area contributed by atoms with Crippen LogP contribution >= 0.6 is 27.3 Å². The van der Waals surface area contributed by atoms with Crippen molar-refractivity contribution in [3.8, 4) is 0 Å². The lowest BCUT2D eigenvalue weighted by atomic mass is 10.3. The molecular weight excluding hydrogens is 274 g/mol. The Balaban J connectivity index is 1.93. The standard InChI is InChI=1S/C11H18BrNOS/c1-2-3-5-14-6-4-13-8-10-7-11(12)15-9-10/h7,9,13H,2-6,8H2,1H3. The van der Waals surface area contributed by atoms with Crippen LogP contribution in [0.25, 0.3) is 0 Å². The van der Waals surface area contributed by atoms with Gasteiger partial charge in [0.15, 0.2) is 0 Å². The Hall–Kier alpha value is 0.100. The predicted molar refractivity (Wildman–Crippen MR) is 69.5 cm³/mol. The molecular formula is C11H18BrNOS. The van der Waals surface area contributed by atoms with E-state index in [2.05, 4.69) is 39.6 Å². The van der Waals surface area contributed by atoms with E-state index in [1.54, 1.807) is 11.3 Å². The summed E-state index contributed by atoms with van der Waals surface area (Å²) in [5, 5.41) is 5.51. The van der Waals surface area contributed by atoms with Crippen LogP contribution in [0.4, 0.5) is 0 Å². The lowest BCUT2D eigenvalue weighted by molar-refractivity contribution is 0.133. The van der Waals surface area contributed by atoms with Gasteiger partial charge in [-0.1, -0.05) is 13.3 Å². The van der Waals surface area contributed by atoms with Gasteiger partial charge in [-0.2, -0.15) is 0 Å². The summed E-state index contributed by atoms with van der Waals surface area (Å²) in [7, 11) is 0. The largest absolute Gasteiger partial charge is 0.380 e. The molecule has 0 aromatic carbocycles. The minimum atomic E-state index is 0.811. The molecule has 2 nitrogen and oxygen atoms in total. The van der Waals surface area contributed by atoms with Gasteiger partial charge in [0, 0.05) is 19.7 Å². The molecule has 1 aromatic heterocycles. The molecule has 86 valence electrons. The Bertz CT molecular complexity index is 265. The van der Waals surface area contributed by atoms with Crippen molar-refractivity contribution in [1.82, 2.24) is 5.32 Å². The quantitative estimate of drug-likeness (QED) is 0.741. The molecule has 1 rings (SSSR count). The second-order valence-corrected chi connectivity index (χ2v) is 5.69. The Morgan fingerprint density at radius 2 is 2.33 bits per heavy atom. The maximum Gasteiger partial charge on any atom is 0.0701 e. The average Bonchev–Trinajstić information content (AvgIpc) is 2.63. The summed E-state index contributed by atoms with van der Waals surface area (Å²) in [6.07, 6.45) is 2.37. The van der Waals surface area contributed by atoms with Crippen LogP contribution in [-0.4, -0.2) is 19.8 Å². The van der Waals surface area contributed by atoms with Crippen LogP contribution in [0.2, 0.25) is 0 Å². The Morgan fingerprint density at radius 1 is 1.47 bits per heavy atom. The van der Waals surface area contributed by atoms with Crippen molar-refractivity contribution in [1.29, 1.82) is 0 Å². The highest BCUT2D eigenvalue weighted by Crippen LogP contribution is 2.20. The summed E-state index contributed by atoms with van der Waals surface area (Å²) in [6.45, 7) is 5.74. The van der Waals surface area contributed by atoms with Crippen LogP contribution < -0.4 is 5.32 Å². The van der Waals surface area contributed by atoms with E-state index in [1.807, 2.05) is 0 Å². The van der Waals surface area contributed by atoms with Crippen LogP contribution in [0, 0.1) is 0 Å². The van der Waals surface area contributed by atoms with E-state index in [9.17, 15) is 0 Å². The number of halogens is 1. The molecule has 0 spiro atoms. The van der Waals surface area contributed by atoms with Gasteiger partial charge in [-0.15, -0.1) is 11.3 Å². The fourth-order valence-corrected chi connectivity index (χ4v) is 2.37. The number of unbranched alkanes of at least 4 members (excludes halogenated alkanes) is 1. The first-order valence-corrected chi connectivity index (χ1v) is 7.01. The topological polar surface area (TPSA) is 21.3 Å². The second-order valence-electron chi connectivity index (χ2n) is 3.40. The molecule has 15 heavy (non-hydrogen) atoms. The molecule has 0 radical (unpaired) electrons. The Labute approximate surface area is 104 Å². The zero-order valence-electron chi connectivity index (χ0n) is 9.09. The SMILES string of the molecule is CCCCOCCNCc1csc(Br)c1. The van der Waals surface area contributed by atoms with E-state index >= 15 is 0 Å². The highest BCUT2D eigenvalue weighted by atomic mass is 79.9. The molecule has 0 bridgehead atoms. The van der Waals surface area contributed by atoms with Crippen molar-refractivity contribution in [2.45, 2.75) is 26.3 Å². The first-order valence-electron chi connectivity index (χ1n) is 5.34. The number of hydrogen-bond donors (Lipinski definition) is 1. The first kappa shape index (κ1) is 13.2. The summed E-state index contributed by atoms with van der Waals surface area (Å²) < 4.78 is 6.64. The number of ether oxygens (including phenoxy) is 1. The second kappa shape index (κ2) is 8.28. The third-order valence-corrected chi connectivity index (χ3v) is 3.57. The summed E-state index contributed by atoms with van der Waals surface area (Å²) in [4.78, 5) is 0. The molecule has 1 aromatic rings. The van der Waals surface area contributed by atoms with Crippen LogP contribution in [0.1, 0.15) is 25.3 Å². The molecule has 0 atom stereocenters. The van der Waals surface area contributed by atoms with E-state index in [0.29, 0.717) is 0 Å². The molecule has 0 saturated carbocycles. The van der Waals surface area contributed by atoms with Gasteiger partial charge in [-0.25, -0.2) is 0 Å². The lowest BCUT2D eigenvalue weighted by Crippen LogP contribution is -2.19. The van der Waals surface area contributed by atoms with Gasteiger partial charge in [-0.05, 0) is 39.4 Å². The van der Waals surface area contributed by atoms with Gasteiger partial charge in [0.2, 0.25) is 0 Å². The maximum absolute atomic E-state index is 5.45. The van der Waals surface area contributed by atoms with Crippen LogP contribution in [0.3, 0.4) is 0 Å². The highest BCUT2D eigenvalue weighted by molar-refractivity contribution is 9.11. The number of thiophene rings is 1. The summed E-state index contributed by atoms with van der Waals surface area (Å²) in [5.41, 5.74) is 1.33. The molecule has 0 amide bonds. The smallest absolute Gasteiger partial charge is 0.0701 e. The molecule has 0 saturated heterocycles.